The Morgan fingerprint density at radius 3 is 3.07 bits per heavy atom. The second kappa shape index (κ2) is 6.26. The minimum Gasteiger partial charge on any atom is -0.356 e. The van der Waals surface area contributed by atoms with Crippen molar-refractivity contribution < 1.29 is 0 Å². The molecule has 0 radical (unpaired) electrons. The van der Waals surface area contributed by atoms with Crippen LogP contribution < -0.4 is 10.6 Å². The minimum absolute atomic E-state index is 0. The lowest BCUT2D eigenvalue weighted by atomic mass is 10.4. The molecular weight excluding hydrogens is 323 g/mol. The van der Waals surface area contributed by atoms with Crippen LogP contribution in [0.25, 0.3) is 0 Å². The van der Waals surface area contributed by atoms with Crippen molar-refractivity contribution in [2.24, 2.45) is 4.99 Å². The molecule has 2 N–H and O–H groups in total. The van der Waals surface area contributed by atoms with Gasteiger partial charge in [-0.25, -0.2) is 4.98 Å². The second-order valence-corrected chi connectivity index (χ2v) is 4.53. The summed E-state index contributed by atoms with van der Waals surface area (Å²) in [5.74, 6) is 0.919. The Hall–Kier alpha value is -0.370. The van der Waals surface area contributed by atoms with Crippen LogP contribution in [0.2, 0.25) is 0 Å². The third-order valence-corrected chi connectivity index (χ3v) is 2.91. The number of rotatable bonds is 2. The molecule has 15 heavy (non-hydrogen) atoms. The molecule has 1 aromatic rings. The molecule has 0 unspecified atom stereocenters. The molecule has 0 atom stereocenters. The molecule has 84 valence electrons. The van der Waals surface area contributed by atoms with Crippen molar-refractivity contribution in [2.45, 2.75) is 19.9 Å². The van der Waals surface area contributed by atoms with E-state index in [-0.39, 0.29) is 24.0 Å². The third kappa shape index (κ3) is 3.94. The molecule has 0 fully saturated rings. The highest BCUT2D eigenvalue weighted by atomic mass is 127. The van der Waals surface area contributed by atoms with Crippen LogP contribution in [-0.4, -0.2) is 24.0 Å². The molecule has 0 saturated carbocycles. The quantitative estimate of drug-likeness (QED) is 0.804. The number of hydrogen-bond donors (Lipinski definition) is 2. The number of hydrogen-bond acceptors (Lipinski definition) is 5. The molecule has 0 aromatic carbocycles. The predicted molar refractivity (Wildman–Crippen MR) is 74.0 cm³/mol. The number of nitrogens with zero attached hydrogens (tertiary/aromatic N) is 2. The van der Waals surface area contributed by atoms with Gasteiger partial charge in [0.05, 0.1) is 11.6 Å². The first kappa shape index (κ1) is 12.7. The molecular formula is C9H15IN4S. The number of thiazole rings is 1. The van der Waals surface area contributed by atoms with Gasteiger partial charge in [0.15, 0.2) is 5.96 Å². The lowest BCUT2D eigenvalue weighted by molar-refractivity contribution is 0.703. The van der Waals surface area contributed by atoms with Crippen molar-refractivity contribution >= 4 is 41.3 Å². The zero-order valence-corrected chi connectivity index (χ0v) is 11.8. The van der Waals surface area contributed by atoms with Crippen molar-refractivity contribution in [1.82, 2.24) is 15.6 Å². The van der Waals surface area contributed by atoms with Crippen molar-refractivity contribution in [2.75, 3.05) is 13.1 Å². The molecule has 1 aromatic heterocycles. The van der Waals surface area contributed by atoms with Crippen LogP contribution in [-0.2, 0) is 6.54 Å². The van der Waals surface area contributed by atoms with Gasteiger partial charge < -0.3 is 10.6 Å². The van der Waals surface area contributed by atoms with Crippen LogP contribution in [0.3, 0.4) is 0 Å². The summed E-state index contributed by atoms with van der Waals surface area (Å²) in [5, 5.41) is 7.59. The van der Waals surface area contributed by atoms with Gasteiger partial charge in [-0.2, -0.15) is 0 Å². The van der Waals surface area contributed by atoms with E-state index in [1.807, 2.05) is 13.1 Å². The normalized spacial score (nSPS) is 14.9. The fourth-order valence-electron chi connectivity index (χ4n) is 1.31. The Balaban J connectivity index is 0.00000112. The van der Waals surface area contributed by atoms with Crippen LogP contribution in [0.5, 0.6) is 0 Å². The van der Waals surface area contributed by atoms with E-state index in [1.165, 1.54) is 4.88 Å². The summed E-state index contributed by atoms with van der Waals surface area (Å²) < 4.78 is 0. The first-order chi connectivity index (χ1) is 6.84. The number of nitrogens with one attached hydrogen (secondary N) is 2. The first-order valence-electron chi connectivity index (χ1n) is 4.78. The monoisotopic (exact) mass is 338 g/mol. The first-order valence-corrected chi connectivity index (χ1v) is 5.60. The van der Waals surface area contributed by atoms with Crippen LogP contribution >= 0.6 is 35.3 Å². The van der Waals surface area contributed by atoms with E-state index in [0.717, 1.165) is 37.0 Å². The van der Waals surface area contributed by atoms with Crippen molar-refractivity contribution in [1.29, 1.82) is 0 Å². The van der Waals surface area contributed by atoms with Gasteiger partial charge >= 0.3 is 0 Å². The van der Waals surface area contributed by atoms with Gasteiger partial charge in [-0.15, -0.1) is 35.3 Å². The Bertz CT molecular complexity index is 337. The van der Waals surface area contributed by atoms with E-state index in [9.17, 15) is 0 Å². The molecule has 0 spiro atoms. The van der Waals surface area contributed by atoms with Gasteiger partial charge in [0.2, 0.25) is 0 Å². The van der Waals surface area contributed by atoms with Gasteiger partial charge in [-0.05, 0) is 13.3 Å². The second-order valence-electron chi connectivity index (χ2n) is 3.21. The molecule has 0 bridgehead atoms. The SMILES string of the molecule is Cc1ncc(CNC2=NCCCN2)s1.I. The Kier molecular flexibility index (Phi) is 5.30. The molecule has 0 amide bonds. The molecule has 1 aliphatic rings. The molecule has 6 heteroatoms. The summed E-state index contributed by atoms with van der Waals surface area (Å²) in [6.45, 7) is 4.78. The summed E-state index contributed by atoms with van der Waals surface area (Å²) in [5.41, 5.74) is 0. The zero-order valence-electron chi connectivity index (χ0n) is 8.62. The largest absolute Gasteiger partial charge is 0.356 e. The summed E-state index contributed by atoms with van der Waals surface area (Å²) in [6.07, 6.45) is 3.04. The average molecular weight is 338 g/mol. The number of aliphatic imine (C=N–C) groups is 1. The highest BCUT2D eigenvalue weighted by Crippen LogP contribution is 2.10. The predicted octanol–water partition coefficient (Wildman–Crippen LogP) is 1.51. The summed E-state index contributed by atoms with van der Waals surface area (Å²) >= 11 is 1.72. The molecule has 4 nitrogen and oxygen atoms in total. The van der Waals surface area contributed by atoms with E-state index in [0.29, 0.717) is 0 Å². The Labute approximate surface area is 111 Å². The van der Waals surface area contributed by atoms with E-state index in [2.05, 4.69) is 20.6 Å². The van der Waals surface area contributed by atoms with Gasteiger partial charge in [0.25, 0.3) is 0 Å². The Morgan fingerprint density at radius 2 is 2.47 bits per heavy atom. The van der Waals surface area contributed by atoms with E-state index in [1.54, 1.807) is 11.3 Å². The number of aromatic nitrogens is 1. The summed E-state index contributed by atoms with van der Waals surface area (Å²) in [4.78, 5) is 9.78. The van der Waals surface area contributed by atoms with E-state index in [4.69, 9.17) is 0 Å². The van der Waals surface area contributed by atoms with Crippen LogP contribution in [0.1, 0.15) is 16.3 Å². The maximum atomic E-state index is 4.33. The summed E-state index contributed by atoms with van der Waals surface area (Å²) in [7, 11) is 0. The third-order valence-electron chi connectivity index (χ3n) is 2.00. The topological polar surface area (TPSA) is 49.3 Å². The molecule has 2 rings (SSSR count). The van der Waals surface area contributed by atoms with Gasteiger partial charge in [0, 0.05) is 24.2 Å². The molecule has 2 heterocycles. The van der Waals surface area contributed by atoms with E-state index >= 15 is 0 Å². The molecule has 1 aliphatic heterocycles. The van der Waals surface area contributed by atoms with Crippen molar-refractivity contribution in [3.8, 4) is 0 Å². The lowest BCUT2D eigenvalue weighted by Crippen LogP contribution is -2.40. The fourth-order valence-corrected chi connectivity index (χ4v) is 2.04. The molecule has 0 saturated heterocycles. The smallest absolute Gasteiger partial charge is 0.191 e. The van der Waals surface area contributed by atoms with Crippen LogP contribution in [0.15, 0.2) is 11.2 Å². The minimum atomic E-state index is 0. The Morgan fingerprint density at radius 1 is 1.60 bits per heavy atom. The highest BCUT2D eigenvalue weighted by molar-refractivity contribution is 14.0. The zero-order chi connectivity index (χ0) is 9.80. The maximum absolute atomic E-state index is 4.33. The fraction of sp³-hybridized carbons (Fsp3) is 0.556. The lowest BCUT2D eigenvalue weighted by Gasteiger charge is -2.15. The van der Waals surface area contributed by atoms with E-state index < -0.39 is 0 Å². The van der Waals surface area contributed by atoms with Crippen molar-refractivity contribution in [3.63, 3.8) is 0 Å². The molecule has 0 aliphatic carbocycles. The number of halogens is 1. The number of guanidine groups is 1. The van der Waals surface area contributed by atoms with Crippen molar-refractivity contribution in [3.05, 3.63) is 16.1 Å². The maximum Gasteiger partial charge on any atom is 0.191 e. The number of aryl methyl sites for hydroxylation is 1. The van der Waals surface area contributed by atoms with Gasteiger partial charge in [-0.1, -0.05) is 0 Å². The summed E-state index contributed by atoms with van der Waals surface area (Å²) in [6, 6.07) is 0. The standard InChI is InChI=1S/C9H14N4S.HI/c1-7-12-5-8(14-7)6-13-9-10-3-2-4-11-9;/h5H,2-4,6H2,1H3,(H2,10,11,13);1H. The van der Waals surface area contributed by atoms with Crippen LogP contribution in [0.4, 0.5) is 0 Å². The van der Waals surface area contributed by atoms with Crippen LogP contribution in [0, 0.1) is 6.92 Å². The van der Waals surface area contributed by atoms with Gasteiger partial charge in [0.1, 0.15) is 0 Å². The average Bonchev–Trinajstić information content (AvgIpc) is 2.63. The van der Waals surface area contributed by atoms with Gasteiger partial charge in [-0.3, -0.25) is 4.99 Å². The highest BCUT2D eigenvalue weighted by Gasteiger charge is 2.03.